The van der Waals surface area contributed by atoms with E-state index in [1.54, 1.807) is 0 Å². The van der Waals surface area contributed by atoms with Crippen molar-refractivity contribution in [3.63, 3.8) is 0 Å². The monoisotopic (exact) mass is 437 g/mol. The number of piperidine rings is 1. The smallest absolute Gasteiger partial charge is 0.332 e. The highest BCUT2D eigenvalue weighted by atomic mass is 79.9. The molecular formula is C22H32BrNO3. The fraction of sp³-hybridized carbons (Fsp3) is 0.682. The first-order valence-corrected chi connectivity index (χ1v) is 10.8. The Balaban J connectivity index is 1.74. The predicted molar refractivity (Wildman–Crippen MR) is 111 cm³/mol. The van der Waals surface area contributed by atoms with E-state index in [4.69, 9.17) is 9.47 Å². The number of esters is 1. The number of carbonyl (C=O) groups is 1. The lowest BCUT2D eigenvalue weighted by atomic mass is 9.63. The minimum Gasteiger partial charge on any atom is -0.458 e. The first-order valence-electron chi connectivity index (χ1n) is 10.0. The maximum atomic E-state index is 12.3. The first-order chi connectivity index (χ1) is 12.7. The normalized spacial score (nSPS) is 21.8. The number of halogens is 1. The van der Waals surface area contributed by atoms with Crippen molar-refractivity contribution in [3.05, 3.63) is 34.3 Å². The molecule has 1 heterocycles. The van der Waals surface area contributed by atoms with Crippen molar-refractivity contribution in [3.8, 4) is 0 Å². The molecule has 0 bridgehead atoms. The number of rotatable bonds is 4. The number of hydrogen-bond donors (Lipinski definition) is 1. The highest BCUT2D eigenvalue weighted by Gasteiger charge is 2.45. The Morgan fingerprint density at radius 2 is 1.63 bits per heavy atom. The van der Waals surface area contributed by atoms with Gasteiger partial charge in [-0.15, -0.1) is 0 Å². The van der Waals surface area contributed by atoms with Crippen LogP contribution in [0.15, 0.2) is 28.7 Å². The van der Waals surface area contributed by atoms with Gasteiger partial charge in [0.15, 0.2) is 0 Å². The third-order valence-electron chi connectivity index (χ3n) is 6.04. The maximum absolute atomic E-state index is 12.3. The van der Waals surface area contributed by atoms with E-state index in [1.165, 1.54) is 12.8 Å². The summed E-state index contributed by atoms with van der Waals surface area (Å²) >= 11 is 3.52. The second kappa shape index (κ2) is 8.22. The summed E-state index contributed by atoms with van der Waals surface area (Å²) in [5.74, 6) is -0.291. The second-order valence-electron chi connectivity index (χ2n) is 9.13. The zero-order valence-corrected chi connectivity index (χ0v) is 18.4. The number of nitrogens with one attached hydrogen (secondary N) is 1. The lowest BCUT2D eigenvalue weighted by Crippen LogP contribution is -2.45. The summed E-state index contributed by atoms with van der Waals surface area (Å²) in [5.41, 5.74) is 0.724. The van der Waals surface area contributed by atoms with Crippen LogP contribution in [-0.4, -0.2) is 31.3 Å². The van der Waals surface area contributed by atoms with Crippen LogP contribution in [0.4, 0.5) is 0 Å². The molecule has 1 saturated heterocycles. The molecule has 5 heteroatoms. The summed E-state index contributed by atoms with van der Waals surface area (Å²) in [4.78, 5) is 12.3. The standard InChI is InChI=1S/C22H32BrNO3/c1-20(2,3)27-19(25)16-26-22(17-4-6-18(23)7-5-17)10-8-21(9-11-22)12-14-24-15-13-21/h4-7,24H,8-16H2,1-3H3. The molecule has 1 aliphatic carbocycles. The summed E-state index contributed by atoms with van der Waals surface area (Å²) in [6, 6.07) is 8.37. The zero-order chi connectivity index (χ0) is 19.5. The van der Waals surface area contributed by atoms with Crippen LogP contribution in [-0.2, 0) is 19.9 Å². The van der Waals surface area contributed by atoms with E-state index in [0.717, 1.165) is 48.8 Å². The summed E-state index contributed by atoms with van der Waals surface area (Å²) in [6.07, 6.45) is 6.71. The molecule has 1 aliphatic heterocycles. The van der Waals surface area contributed by atoms with E-state index >= 15 is 0 Å². The van der Waals surface area contributed by atoms with Gasteiger partial charge < -0.3 is 14.8 Å². The van der Waals surface area contributed by atoms with Gasteiger partial charge in [0.05, 0.1) is 5.60 Å². The van der Waals surface area contributed by atoms with Gasteiger partial charge in [-0.3, -0.25) is 0 Å². The van der Waals surface area contributed by atoms with Gasteiger partial charge >= 0.3 is 5.97 Å². The van der Waals surface area contributed by atoms with E-state index in [2.05, 4.69) is 45.5 Å². The summed E-state index contributed by atoms with van der Waals surface area (Å²) < 4.78 is 12.8. The Morgan fingerprint density at radius 1 is 1.04 bits per heavy atom. The average Bonchev–Trinajstić information content (AvgIpc) is 2.62. The fourth-order valence-corrected chi connectivity index (χ4v) is 4.74. The van der Waals surface area contributed by atoms with Gasteiger partial charge in [-0.25, -0.2) is 4.79 Å². The molecule has 4 nitrogen and oxygen atoms in total. The molecule has 0 amide bonds. The molecular weight excluding hydrogens is 406 g/mol. The van der Waals surface area contributed by atoms with E-state index in [0.29, 0.717) is 5.41 Å². The highest BCUT2D eigenvalue weighted by molar-refractivity contribution is 9.10. The molecule has 0 radical (unpaired) electrons. The first kappa shape index (κ1) is 20.8. The van der Waals surface area contributed by atoms with Crippen LogP contribution in [0.1, 0.15) is 64.9 Å². The Hall–Kier alpha value is -0.910. The lowest BCUT2D eigenvalue weighted by Gasteiger charge is -2.48. The van der Waals surface area contributed by atoms with Crippen molar-refractivity contribution >= 4 is 21.9 Å². The molecule has 1 N–H and O–H groups in total. The Bertz CT molecular complexity index is 635. The van der Waals surface area contributed by atoms with Gasteiger partial charge in [-0.2, -0.15) is 0 Å². The van der Waals surface area contributed by atoms with Crippen molar-refractivity contribution in [2.75, 3.05) is 19.7 Å². The average molecular weight is 438 g/mol. The van der Waals surface area contributed by atoms with E-state index in [-0.39, 0.29) is 12.6 Å². The van der Waals surface area contributed by atoms with E-state index < -0.39 is 11.2 Å². The van der Waals surface area contributed by atoms with Gasteiger partial charge in [0, 0.05) is 4.47 Å². The summed E-state index contributed by atoms with van der Waals surface area (Å²) in [6.45, 7) is 7.89. The molecule has 0 atom stereocenters. The van der Waals surface area contributed by atoms with Crippen LogP contribution in [0.3, 0.4) is 0 Å². The van der Waals surface area contributed by atoms with Gasteiger partial charge in [0.2, 0.25) is 0 Å². The molecule has 1 saturated carbocycles. The van der Waals surface area contributed by atoms with Crippen molar-refractivity contribution in [1.29, 1.82) is 0 Å². The Morgan fingerprint density at radius 3 is 2.19 bits per heavy atom. The van der Waals surface area contributed by atoms with Gasteiger partial charge in [0.1, 0.15) is 12.2 Å². The SMILES string of the molecule is CC(C)(C)OC(=O)COC1(c2ccc(Br)cc2)CCC2(CCNCC2)CC1. The Kier molecular flexibility index (Phi) is 6.34. The third-order valence-corrected chi connectivity index (χ3v) is 6.57. The van der Waals surface area contributed by atoms with Gasteiger partial charge in [-0.1, -0.05) is 28.1 Å². The van der Waals surface area contributed by atoms with E-state index in [1.807, 2.05) is 20.8 Å². The number of ether oxygens (including phenoxy) is 2. The number of benzene rings is 1. The zero-order valence-electron chi connectivity index (χ0n) is 16.8. The molecule has 150 valence electrons. The molecule has 1 aromatic carbocycles. The molecule has 2 aliphatic rings. The third kappa shape index (κ3) is 5.33. The summed E-state index contributed by atoms with van der Waals surface area (Å²) in [5, 5.41) is 3.48. The summed E-state index contributed by atoms with van der Waals surface area (Å²) in [7, 11) is 0. The highest BCUT2D eigenvalue weighted by Crippen LogP contribution is 2.51. The van der Waals surface area contributed by atoms with Crippen LogP contribution in [0.5, 0.6) is 0 Å². The van der Waals surface area contributed by atoms with Crippen LogP contribution in [0, 0.1) is 5.41 Å². The molecule has 0 aromatic heterocycles. The van der Waals surface area contributed by atoms with Crippen molar-refractivity contribution in [1.82, 2.24) is 5.32 Å². The maximum Gasteiger partial charge on any atom is 0.332 e. The molecule has 2 fully saturated rings. The second-order valence-corrected chi connectivity index (χ2v) is 10.0. The largest absolute Gasteiger partial charge is 0.458 e. The number of carbonyl (C=O) groups excluding carboxylic acids is 1. The number of hydrogen-bond acceptors (Lipinski definition) is 4. The molecule has 3 rings (SSSR count). The predicted octanol–water partition coefficient (Wildman–Crippen LogP) is 4.95. The van der Waals surface area contributed by atoms with Crippen LogP contribution < -0.4 is 5.32 Å². The molecule has 27 heavy (non-hydrogen) atoms. The van der Waals surface area contributed by atoms with Crippen LogP contribution >= 0.6 is 15.9 Å². The lowest BCUT2D eigenvalue weighted by molar-refractivity contribution is -0.172. The quantitative estimate of drug-likeness (QED) is 0.676. The van der Waals surface area contributed by atoms with Crippen LogP contribution in [0.25, 0.3) is 0 Å². The van der Waals surface area contributed by atoms with Crippen LogP contribution in [0.2, 0.25) is 0 Å². The molecule has 0 unspecified atom stereocenters. The van der Waals surface area contributed by atoms with Crippen molar-refractivity contribution < 1.29 is 14.3 Å². The van der Waals surface area contributed by atoms with Crippen molar-refractivity contribution in [2.24, 2.45) is 5.41 Å². The van der Waals surface area contributed by atoms with Gasteiger partial charge in [0.25, 0.3) is 0 Å². The molecule has 1 aromatic rings. The molecule has 1 spiro atoms. The fourth-order valence-electron chi connectivity index (χ4n) is 4.48. The van der Waals surface area contributed by atoms with E-state index in [9.17, 15) is 4.79 Å². The minimum absolute atomic E-state index is 0.00187. The van der Waals surface area contributed by atoms with Gasteiger partial charge in [-0.05, 0) is 95.5 Å². The topological polar surface area (TPSA) is 47.6 Å². The Labute approximate surface area is 171 Å². The van der Waals surface area contributed by atoms with Crippen molar-refractivity contribution in [2.45, 2.75) is 70.5 Å². The minimum atomic E-state index is -0.489.